The smallest absolute Gasteiger partial charge is 0.273 e. The molecule has 0 amide bonds. The predicted octanol–water partition coefficient (Wildman–Crippen LogP) is 10.3. The Morgan fingerprint density at radius 2 is 1.01 bits per heavy atom. The van der Waals surface area contributed by atoms with Crippen molar-refractivity contribution in [1.29, 1.82) is 0 Å². The molecule has 0 saturated carbocycles. The zero-order valence-corrected chi connectivity index (χ0v) is 49.9. The van der Waals surface area contributed by atoms with Crippen LogP contribution in [0.25, 0.3) is 0 Å². The number of hydrogen-bond acceptors (Lipinski definition) is 17. The Hall–Kier alpha value is -5.26. The van der Waals surface area contributed by atoms with Crippen LogP contribution < -0.4 is 4.74 Å². The van der Waals surface area contributed by atoms with Gasteiger partial charge in [0.25, 0.3) is 17.1 Å². The van der Waals surface area contributed by atoms with Gasteiger partial charge in [-0.1, -0.05) is 37.9 Å². The Kier molecular flexibility index (Phi) is 23.0. The molecule has 0 atom stereocenters. The number of non-ortho nitro benzene ring substituents is 2. The number of nitro benzene ring substituents is 3. The molecule has 0 bridgehead atoms. The largest absolute Gasteiger partial charge is 0.493 e. The molecule has 0 N–H and O–H groups in total. The van der Waals surface area contributed by atoms with E-state index in [0.29, 0.717) is 45.3 Å². The third-order valence-electron chi connectivity index (χ3n) is 10.7. The van der Waals surface area contributed by atoms with Crippen LogP contribution >= 0.6 is 31.9 Å². The highest BCUT2D eigenvalue weighted by molar-refractivity contribution is 9.10. The molecule has 0 saturated heterocycles. The van der Waals surface area contributed by atoms with Crippen LogP contribution in [0.15, 0.2) is 112 Å². The van der Waals surface area contributed by atoms with Crippen LogP contribution in [-0.2, 0) is 55.6 Å². The number of benzene rings is 5. The first kappa shape index (κ1) is 65.9. The minimum atomic E-state index is -3.84. The Bertz CT molecular complexity index is 3460. The molecule has 6 rings (SSSR count). The van der Waals surface area contributed by atoms with E-state index in [1.54, 1.807) is 72.7 Å². The summed E-state index contributed by atoms with van der Waals surface area (Å²) >= 11 is 6.55. The zero-order valence-electron chi connectivity index (χ0n) is 42.6. The van der Waals surface area contributed by atoms with E-state index in [1.807, 2.05) is 13.0 Å². The Morgan fingerprint density at radius 1 is 0.533 bits per heavy atom. The first-order valence-electron chi connectivity index (χ1n) is 21.9. The van der Waals surface area contributed by atoms with Crippen molar-refractivity contribution < 1.29 is 66.0 Å². The maximum Gasteiger partial charge on any atom is 0.273 e. The van der Waals surface area contributed by atoms with Gasteiger partial charge in [0.15, 0.2) is 49.2 Å². The van der Waals surface area contributed by atoms with Crippen molar-refractivity contribution in [2.75, 3.05) is 19.1 Å². The van der Waals surface area contributed by atoms with Crippen molar-refractivity contribution in [3.8, 4) is 5.75 Å². The van der Waals surface area contributed by atoms with E-state index >= 15 is 0 Å². The number of rotatable bonds is 11. The van der Waals surface area contributed by atoms with Crippen molar-refractivity contribution >= 4 is 98.1 Å². The van der Waals surface area contributed by atoms with E-state index in [1.165, 1.54) is 38.3 Å². The fourth-order valence-corrected chi connectivity index (χ4v) is 12.9. The Balaban J connectivity index is 0.000000321. The van der Waals surface area contributed by atoms with Crippen LogP contribution in [-0.4, -0.2) is 91.7 Å². The summed E-state index contributed by atoms with van der Waals surface area (Å²) in [5, 5.41) is 29.9. The molecule has 0 radical (unpaired) electrons. The molecule has 0 aliphatic carbocycles. The lowest BCUT2D eigenvalue weighted by Gasteiger charge is -2.10. The summed E-state index contributed by atoms with van der Waals surface area (Å²) < 4.78 is 136. The highest BCUT2D eigenvalue weighted by Gasteiger charge is 2.27. The van der Waals surface area contributed by atoms with E-state index in [2.05, 4.69) is 31.9 Å². The molecule has 0 unspecified atom stereocenters. The SMILES string of the molecule is CC(C)S(=O)(=O)c1cc([N+](=O)[O-])ccc1F.CS(=O)(=O)c1cc(Br)cc2c1CCO2.Cc1cc(Br)cc(S(=O)(=O)C(C)C)c1.Cc1cc(S(C)(=O)=O)cc([N+](=O)[O-])c1C.Cc1ccc([N+](=O)[O-])cc1S(=O)(=O)C(C)C. The van der Waals surface area contributed by atoms with Gasteiger partial charge in [-0.15, -0.1) is 0 Å². The van der Waals surface area contributed by atoms with Crippen molar-refractivity contribution in [2.24, 2.45) is 0 Å². The van der Waals surface area contributed by atoms with Gasteiger partial charge in [-0.25, -0.2) is 46.5 Å². The van der Waals surface area contributed by atoms with Crippen LogP contribution in [0.1, 0.15) is 69.4 Å². The summed E-state index contributed by atoms with van der Waals surface area (Å²) in [6.45, 7) is 16.5. The van der Waals surface area contributed by atoms with Gasteiger partial charge in [0, 0.05) is 69.3 Å². The number of aryl methyl sites for hydroxylation is 3. The van der Waals surface area contributed by atoms with Gasteiger partial charge >= 0.3 is 0 Å². The van der Waals surface area contributed by atoms with Crippen LogP contribution in [0.3, 0.4) is 0 Å². The lowest BCUT2D eigenvalue weighted by Crippen LogP contribution is -2.15. The molecule has 1 aliphatic heterocycles. The first-order valence-corrected chi connectivity index (χ1v) is 31.9. The minimum absolute atomic E-state index is 0.0164. The van der Waals surface area contributed by atoms with E-state index in [4.69, 9.17) is 4.74 Å². The van der Waals surface area contributed by atoms with Crippen LogP contribution in [0.2, 0.25) is 0 Å². The molecule has 0 spiro atoms. The monoisotopic (exact) mass is 1270 g/mol. The molecule has 5 aromatic carbocycles. The average Bonchev–Trinajstić information content (AvgIpc) is 3.75. The molecule has 1 aliphatic rings. The van der Waals surface area contributed by atoms with Gasteiger partial charge in [-0.3, -0.25) is 30.3 Å². The Labute approximate surface area is 453 Å². The predicted molar refractivity (Wildman–Crippen MR) is 289 cm³/mol. The van der Waals surface area contributed by atoms with Gasteiger partial charge in [0.1, 0.15) is 16.5 Å². The number of nitrogens with zero attached hydrogens (tertiary/aromatic N) is 3. The topological polar surface area (TPSA) is 309 Å². The maximum atomic E-state index is 13.3. The molecule has 75 heavy (non-hydrogen) atoms. The molecule has 412 valence electrons. The number of hydrogen-bond donors (Lipinski definition) is 0. The summed E-state index contributed by atoms with van der Waals surface area (Å²) in [5.74, 6) is -0.292. The van der Waals surface area contributed by atoms with Crippen LogP contribution in [0, 0.1) is 63.9 Å². The quantitative estimate of drug-likeness (QED) is 0.0876. The number of halogens is 3. The lowest BCUT2D eigenvalue weighted by molar-refractivity contribution is -0.385. The molecule has 0 aromatic heterocycles. The van der Waals surface area contributed by atoms with Gasteiger partial charge in [0.05, 0.1) is 56.7 Å². The fourth-order valence-electron chi connectivity index (χ4n) is 6.25. The van der Waals surface area contributed by atoms with E-state index < -0.39 is 90.9 Å². The summed E-state index contributed by atoms with van der Waals surface area (Å²) in [7, 11) is -17.0. The van der Waals surface area contributed by atoms with E-state index in [0.717, 1.165) is 56.7 Å². The van der Waals surface area contributed by atoms with Gasteiger partial charge in [0.2, 0.25) is 0 Å². The van der Waals surface area contributed by atoms with Crippen LogP contribution in [0.5, 0.6) is 5.75 Å². The van der Waals surface area contributed by atoms with E-state index in [-0.39, 0.29) is 26.4 Å². The highest BCUT2D eigenvalue weighted by Crippen LogP contribution is 2.35. The molecular weight excluding hydrogens is 1220 g/mol. The second-order valence-electron chi connectivity index (χ2n) is 17.5. The van der Waals surface area contributed by atoms with Crippen molar-refractivity contribution in [3.63, 3.8) is 0 Å². The van der Waals surface area contributed by atoms with Crippen molar-refractivity contribution in [3.05, 3.63) is 152 Å². The number of sulfone groups is 5. The molecular formula is C47H56Br2FN3O17S5. The second kappa shape index (κ2) is 26.2. The van der Waals surface area contributed by atoms with Crippen molar-refractivity contribution in [2.45, 2.75) is 116 Å². The first-order chi connectivity index (χ1) is 34.1. The van der Waals surface area contributed by atoms with Crippen molar-refractivity contribution in [1.82, 2.24) is 0 Å². The average molecular weight is 1270 g/mol. The summed E-state index contributed by atoms with van der Waals surface area (Å²) in [4.78, 5) is 29.9. The Morgan fingerprint density at radius 3 is 1.47 bits per heavy atom. The third kappa shape index (κ3) is 17.9. The van der Waals surface area contributed by atoms with Gasteiger partial charge in [-0.05, 0) is 128 Å². The summed E-state index contributed by atoms with van der Waals surface area (Å²) in [6.07, 6.45) is 2.92. The zero-order chi connectivity index (χ0) is 58.1. The molecule has 1 heterocycles. The van der Waals surface area contributed by atoms with Gasteiger partial charge in [-0.2, -0.15) is 0 Å². The fraction of sp³-hybridized carbons (Fsp3) is 0.362. The lowest BCUT2D eigenvalue weighted by atomic mass is 10.1. The standard InChI is InChI=1S/C10H13BrO2S.C10H13NO4S.C9H9BrO3S.C9H10FNO4S.C9H11NO4S/c1-7(2)14(12,13)10-5-8(3)4-9(11)6-10;1-7(2)16(14,15)10-6-9(11(12)13)5-4-8(10)3;1-14(11,12)9-5-6(10)4-8-7(9)2-3-13-8;1-6(2)16(14,15)9-5-7(11(12)13)3-4-8(9)10;1-6-4-8(15(3,13)14)5-9(7(6)2)10(11)12/h4-7H,1-3H3;4-7H,1-3H3;4-5H,2-3H2,1H3;3-6H,1-2H3;4-5H,1-3H3. The maximum absolute atomic E-state index is 13.3. The molecule has 0 fully saturated rings. The molecule has 28 heteroatoms. The third-order valence-corrected chi connectivity index (χ3v) is 20.5. The summed E-state index contributed by atoms with van der Waals surface area (Å²) in [5.41, 5.74) is 2.56. The van der Waals surface area contributed by atoms with E-state index in [9.17, 15) is 76.8 Å². The van der Waals surface area contributed by atoms with Crippen LogP contribution in [0.4, 0.5) is 21.5 Å². The second-order valence-corrected chi connectivity index (χ2v) is 30.8. The number of fused-ring (bicyclic) bond motifs is 1. The number of nitro groups is 3. The minimum Gasteiger partial charge on any atom is -0.493 e. The highest BCUT2D eigenvalue weighted by atomic mass is 79.9. The number of ether oxygens (including phenoxy) is 1. The molecule has 20 nitrogen and oxygen atoms in total. The summed E-state index contributed by atoms with van der Waals surface area (Å²) in [6, 6.07) is 17.5. The molecule has 5 aromatic rings. The van der Waals surface area contributed by atoms with Gasteiger partial charge < -0.3 is 4.74 Å². The normalized spacial score (nSPS) is 12.3.